The minimum atomic E-state index is -0.0557. The molecule has 1 aliphatic rings. The van der Waals surface area contributed by atoms with Gasteiger partial charge in [0.2, 0.25) is 5.91 Å². The summed E-state index contributed by atoms with van der Waals surface area (Å²) in [6.07, 6.45) is 1.97. The summed E-state index contributed by atoms with van der Waals surface area (Å²) in [5, 5.41) is 6.21. The summed E-state index contributed by atoms with van der Waals surface area (Å²) >= 11 is 0. The lowest BCUT2D eigenvalue weighted by molar-refractivity contribution is -0.122. The van der Waals surface area contributed by atoms with Gasteiger partial charge in [-0.2, -0.15) is 0 Å². The number of amides is 1. The van der Waals surface area contributed by atoms with E-state index in [0.29, 0.717) is 6.54 Å². The number of nitrogens with one attached hydrogen (secondary N) is 2. The molecule has 1 fully saturated rings. The van der Waals surface area contributed by atoms with Gasteiger partial charge in [-0.25, -0.2) is 0 Å². The van der Waals surface area contributed by atoms with Crippen molar-refractivity contribution in [2.24, 2.45) is 0 Å². The molecule has 1 amide bonds. The van der Waals surface area contributed by atoms with Gasteiger partial charge in [-0.3, -0.25) is 4.79 Å². The Balaban J connectivity index is 0.00000208. The summed E-state index contributed by atoms with van der Waals surface area (Å²) in [7, 11) is 0. The summed E-state index contributed by atoms with van der Waals surface area (Å²) in [4.78, 5) is 12.1. The van der Waals surface area contributed by atoms with Crippen LogP contribution in [0.15, 0.2) is 48.5 Å². The zero-order valence-corrected chi connectivity index (χ0v) is 14.6. The number of halogens is 1. The zero-order chi connectivity index (χ0) is 16.1. The molecule has 24 heavy (non-hydrogen) atoms. The van der Waals surface area contributed by atoms with E-state index in [1.807, 2.05) is 55.5 Å². The smallest absolute Gasteiger partial charge is 0.237 e. The van der Waals surface area contributed by atoms with Crippen molar-refractivity contribution in [1.82, 2.24) is 10.6 Å². The fourth-order valence-corrected chi connectivity index (χ4v) is 2.77. The first kappa shape index (κ1) is 18.3. The van der Waals surface area contributed by atoms with Crippen LogP contribution in [0.25, 0.3) is 0 Å². The van der Waals surface area contributed by atoms with Crippen LogP contribution in [-0.2, 0) is 11.3 Å². The maximum atomic E-state index is 12.1. The van der Waals surface area contributed by atoms with Crippen molar-refractivity contribution in [2.45, 2.75) is 32.4 Å². The minimum absolute atomic E-state index is 0. The lowest BCUT2D eigenvalue weighted by Crippen LogP contribution is -2.40. The quantitative estimate of drug-likeness (QED) is 0.870. The molecular formula is C19H23ClN2O2. The highest BCUT2D eigenvalue weighted by Gasteiger charge is 2.21. The van der Waals surface area contributed by atoms with E-state index in [0.717, 1.165) is 42.0 Å². The Morgan fingerprint density at radius 1 is 1.25 bits per heavy atom. The second-order valence-corrected chi connectivity index (χ2v) is 5.89. The van der Waals surface area contributed by atoms with Crippen LogP contribution in [-0.4, -0.2) is 18.5 Å². The molecule has 0 spiro atoms. The second-order valence-electron chi connectivity index (χ2n) is 5.89. The molecule has 1 unspecified atom stereocenters. The first-order valence-corrected chi connectivity index (χ1v) is 8.06. The Hall–Kier alpha value is -2.04. The van der Waals surface area contributed by atoms with E-state index in [4.69, 9.17) is 4.74 Å². The number of carbonyl (C=O) groups excluding carboxylic acids is 1. The van der Waals surface area contributed by atoms with E-state index in [1.54, 1.807) is 0 Å². The first-order valence-electron chi connectivity index (χ1n) is 8.06. The normalized spacial score (nSPS) is 16.3. The van der Waals surface area contributed by atoms with Gasteiger partial charge in [0.05, 0.1) is 6.04 Å². The Morgan fingerprint density at radius 2 is 2.08 bits per heavy atom. The van der Waals surface area contributed by atoms with E-state index in [2.05, 4.69) is 10.6 Å². The van der Waals surface area contributed by atoms with E-state index in [9.17, 15) is 4.79 Å². The largest absolute Gasteiger partial charge is 0.457 e. The number of hydrogen-bond acceptors (Lipinski definition) is 3. The number of benzene rings is 2. The summed E-state index contributed by atoms with van der Waals surface area (Å²) in [5.41, 5.74) is 2.13. The van der Waals surface area contributed by atoms with Crippen LogP contribution >= 0.6 is 12.4 Å². The Kier molecular flexibility index (Phi) is 6.64. The summed E-state index contributed by atoms with van der Waals surface area (Å²) in [5.74, 6) is 1.65. The molecule has 0 bridgehead atoms. The highest BCUT2D eigenvalue weighted by Crippen LogP contribution is 2.25. The third-order valence-corrected chi connectivity index (χ3v) is 4.02. The lowest BCUT2D eigenvalue weighted by Gasteiger charge is -2.14. The lowest BCUT2D eigenvalue weighted by atomic mass is 10.1. The van der Waals surface area contributed by atoms with Crippen molar-refractivity contribution in [3.63, 3.8) is 0 Å². The fourth-order valence-electron chi connectivity index (χ4n) is 2.77. The molecule has 0 saturated carbocycles. The van der Waals surface area contributed by atoms with Crippen molar-refractivity contribution in [1.29, 1.82) is 0 Å². The third-order valence-electron chi connectivity index (χ3n) is 4.02. The van der Waals surface area contributed by atoms with Gasteiger partial charge in [0.1, 0.15) is 11.5 Å². The number of rotatable bonds is 5. The SMILES string of the molecule is Cc1cccc(Oc2ccccc2CNC(=O)C2CCCN2)c1.Cl. The number of carbonyl (C=O) groups is 1. The van der Waals surface area contributed by atoms with Gasteiger partial charge in [-0.1, -0.05) is 30.3 Å². The summed E-state index contributed by atoms with van der Waals surface area (Å²) in [6, 6.07) is 15.7. The van der Waals surface area contributed by atoms with Crippen molar-refractivity contribution < 1.29 is 9.53 Å². The molecule has 3 rings (SSSR count). The standard InChI is InChI=1S/C19H22N2O2.ClH/c1-14-6-4-8-16(12-14)23-18-10-3-2-7-15(18)13-21-19(22)17-9-5-11-20-17;/h2-4,6-8,10,12,17,20H,5,9,11,13H2,1H3,(H,21,22);1H. The molecule has 2 aromatic carbocycles. The predicted octanol–water partition coefficient (Wildman–Crippen LogP) is 3.58. The van der Waals surface area contributed by atoms with Crippen molar-refractivity contribution >= 4 is 18.3 Å². The molecule has 4 nitrogen and oxygen atoms in total. The number of ether oxygens (including phenoxy) is 1. The predicted molar refractivity (Wildman–Crippen MR) is 97.8 cm³/mol. The van der Waals surface area contributed by atoms with Crippen LogP contribution in [0.1, 0.15) is 24.0 Å². The average molecular weight is 347 g/mol. The molecule has 1 aliphatic heterocycles. The molecule has 1 atom stereocenters. The van der Waals surface area contributed by atoms with E-state index in [-0.39, 0.29) is 24.4 Å². The van der Waals surface area contributed by atoms with Crippen LogP contribution in [0.5, 0.6) is 11.5 Å². The molecule has 0 aliphatic carbocycles. The van der Waals surface area contributed by atoms with Crippen LogP contribution < -0.4 is 15.4 Å². The van der Waals surface area contributed by atoms with E-state index in [1.165, 1.54) is 0 Å². The zero-order valence-electron chi connectivity index (χ0n) is 13.7. The van der Waals surface area contributed by atoms with Gasteiger partial charge in [0.25, 0.3) is 0 Å². The third kappa shape index (κ3) is 4.73. The number of para-hydroxylation sites is 1. The Bertz CT molecular complexity index is 685. The van der Waals surface area contributed by atoms with Crippen LogP contribution in [0.2, 0.25) is 0 Å². The highest BCUT2D eigenvalue weighted by molar-refractivity contribution is 5.85. The second kappa shape index (κ2) is 8.71. The maximum Gasteiger partial charge on any atom is 0.237 e. The van der Waals surface area contributed by atoms with Crippen molar-refractivity contribution in [3.05, 3.63) is 59.7 Å². The molecule has 2 N–H and O–H groups in total. The molecule has 5 heteroatoms. The van der Waals surface area contributed by atoms with Gasteiger partial charge < -0.3 is 15.4 Å². The van der Waals surface area contributed by atoms with Crippen LogP contribution in [0, 0.1) is 6.92 Å². The van der Waals surface area contributed by atoms with Crippen molar-refractivity contribution in [2.75, 3.05) is 6.54 Å². The number of hydrogen-bond donors (Lipinski definition) is 2. The molecule has 0 aromatic heterocycles. The van der Waals surface area contributed by atoms with Gasteiger partial charge >= 0.3 is 0 Å². The molecular weight excluding hydrogens is 324 g/mol. The van der Waals surface area contributed by atoms with E-state index < -0.39 is 0 Å². The topological polar surface area (TPSA) is 50.4 Å². The highest BCUT2D eigenvalue weighted by atomic mass is 35.5. The monoisotopic (exact) mass is 346 g/mol. The minimum Gasteiger partial charge on any atom is -0.457 e. The van der Waals surface area contributed by atoms with E-state index >= 15 is 0 Å². The summed E-state index contributed by atoms with van der Waals surface area (Å²) < 4.78 is 5.98. The van der Waals surface area contributed by atoms with Crippen LogP contribution in [0.3, 0.4) is 0 Å². The van der Waals surface area contributed by atoms with Gasteiger partial charge in [0, 0.05) is 12.1 Å². The molecule has 128 valence electrons. The average Bonchev–Trinajstić information content (AvgIpc) is 3.08. The molecule has 1 saturated heterocycles. The van der Waals surface area contributed by atoms with Crippen molar-refractivity contribution in [3.8, 4) is 11.5 Å². The first-order chi connectivity index (χ1) is 11.2. The number of aryl methyl sites for hydroxylation is 1. The summed E-state index contributed by atoms with van der Waals surface area (Å²) in [6.45, 7) is 3.43. The Morgan fingerprint density at radius 3 is 2.83 bits per heavy atom. The fraction of sp³-hybridized carbons (Fsp3) is 0.316. The molecule has 0 radical (unpaired) electrons. The maximum absolute atomic E-state index is 12.1. The Labute approximate surface area is 149 Å². The molecule has 1 heterocycles. The van der Waals surface area contributed by atoms with Gasteiger partial charge in [-0.05, 0) is 50.1 Å². The van der Waals surface area contributed by atoms with Crippen LogP contribution in [0.4, 0.5) is 0 Å². The van der Waals surface area contributed by atoms with Gasteiger partial charge in [-0.15, -0.1) is 12.4 Å². The van der Waals surface area contributed by atoms with Gasteiger partial charge in [0.15, 0.2) is 0 Å². The molecule has 2 aromatic rings.